The standard InChI is InChI=1S/C28H44O3/c1-18(2)28(6,31)15-13-19(3)24-11-12-25-21(8-7-14-27(24,25)5)9-10-22-16-23(29)17-26(30)20(22)4/h9-10,13,15,18-19,23-26,29-31H,4,7-8,11-12,14,16-17H2,1-3,5-6H3/b15-13+,21-9-,22-10-/t19-,23-,24-,25+,26+,27-,28-/m1/s1. The van der Waals surface area contributed by atoms with Gasteiger partial charge in [-0.15, -0.1) is 0 Å². The van der Waals surface area contributed by atoms with Crippen LogP contribution in [0.3, 0.4) is 0 Å². The first-order valence-electron chi connectivity index (χ1n) is 12.3. The van der Waals surface area contributed by atoms with Crippen LogP contribution in [0.25, 0.3) is 0 Å². The Balaban J connectivity index is 1.78. The smallest absolute Gasteiger partial charge is 0.0822 e. The fourth-order valence-electron chi connectivity index (χ4n) is 6.28. The average molecular weight is 429 g/mol. The third-order valence-corrected chi connectivity index (χ3v) is 8.84. The fourth-order valence-corrected chi connectivity index (χ4v) is 6.28. The summed E-state index contributed by atoms with van der Waals surface area (Å²) < 4.78 is 0. The first kappa shape index (κ1) is 24.5. The molecule has 174 valence electrons. The highest BCUT2D eigenvalue weighted by molar-refractivity contribution is 5.38. The van der Waals surface area contributed by atoms with E-state index < -0.39 is 17.8 Å². The van der Waals surface area contributed by atoms with Gasteiger partial charge in [-0.2, -0.15) is 0 Å². The van der Waals surface area contributed by atoms with Crippen molar-refractivity contribution in [3.8, 4) is 0 Å². The third kappa shape index (κ3) is 5.10. The highest BCUT2D eigenvalue weighted by atomic mass is 16.3. The first-order chi connectivity index (χ1) is 14.5. The van der Waals surface area contributed by atoms with Crippen LogP contribution in [0.4, 0.5) is 0 Å². The summed E-state index contributed by atoms with van der Waals surface area (Å²) in [7, 11) is 0. The molecular formula is C28H44O3. The van der Waals surface area contributed by atoms with Crippen LogP contribution in [0, 0.1) is 29.1 Å². The maximum Gasteiger partial charge on any atom is 0.0822 e. The Kier molecular flexibility index (Phi) is 7.40. The summed E-state index contributed by atoms with van der Waals surface area (Å²) in [5.74, 6) is 1.87. The molecule has 0 bridgehead atoms. The lowest BCUT2D eigenvalue weighted by Gasteiger charge is -2.44. The molecule has 0 unspecified atom stereocenters. The van der Waals surface area contributed by atoms with Crippen LogP contribution >= 0.6 is 0 Å². The lowest BCUT2D eigenvalue weighted by Crippen LogP contribution is -2.36. The Labute approximate surface area is 189 Å². The zero-order valence-electron chi connectivity index (χ0n) is 20.3. The van der Waals surface area contributed by atoms with Gasteiger partial charge < -0.3 is 15.3 Å². The van der Waals surface area contributed by atoms with E-state index in [4.69, 9.17) is 0 Å². The summed E-state index contributed by atoms with van der Waals surface area (Å²) in [4.78, 5) is 0. The number of hydrogen-bond acceptors (Lipinski definition) is 3. The lowest BCUT2D eigenvalue weighted by molar-refractivity contribution is 0.0607. The molecule has 0 heterocycles. The summed E-state index contributed by atoms with van der Waals surface area (Å²) in [6, 6.07) is 0. The minimum Gasteiger partial charge on any atom is -0.393 e. The van der Waals surface area contributed by atoms with Crippen molar-refractivity contribution >= 4 is 0 Å². The Morgan fingerprint density at radius 1 is 1.16 bits per heavy atom. The molecule has 3 N–H and O–H groups in total. The Bertz CT molecular complexity index is 756. The van der Waals surface area contributed by atoms with Gasteiger partial charge in [-0.3, -0.25) is 0 Å². The molecule has 3 fully saturated rings. The maximum atomic E-state index is 10.6. The molecule has 3 nitrogen and oxygen atoms in total. The number of aliphatic hydroxyl groups is 3. The third-order valence-electron chi connectivity index (χ3n) is 8.84. The number of rotatable bonds is 5. The van der Waals surface area contributed by atoms with Gasteiger partial charge in [0.25, 0.3) is 0 Å². The molecule has 0 aromatic rings. The summed E-state index contributed by atoms with van der Waals surface area (Å²) in [6.45, 7) is 14.9. The molecule has 3 aliphatic rings. The van der Waals surface area contributed by atoms with Gasteiger partial charge in [-0.05, 0) is 85.7 Å². The van der Waals surface area contributed by atoms with Crippen molar-refractivity contribution in [1.82, 2.24) is 0 Å². The highest BCUT2D eigenvalue weighted by Crippen LogP contribution is 2.59. The van der Waals surface area contributed by atoms with Crippen LogP contribution in [0.1, 0.15) is 79.6 Å². The van der Waals surface area contributed by atoms with Crippen molar-refractivity contribution in [2.45, 2.75) is 97.4 Å². The molecule has 31 heavy (non-hydrogen) atoms. The monoisotopic (exact) mass is 428 g/mol. The van der Waals surface area contributed by atoms with Crippen LogP contribution in [0.15, 0.2) is 47.6 Å². The average Bonchev–Trinajstić information content (AvgIpc) is 3.05. The Morgan fingerprint density at radius 2 is 1.87 bits per heavy atom. The van der Waals surface area contributed by atoms with Gasteiger partial charge in [-0.25, -0.2) is 0 Å². The number of aliphatic hydroxyl groups excluding tert-OH is 2. The minimum atomic E-state index is -0.755. The van der Waals surface area contributed by atoms with Gasteiger partial charge in [-0.1, -0.05) is 64.2 Å². The van der Waals surface area contributed by atoms with E-state index in [1.165, 1.54) is 31.3 Å². The van der Waals surface area contributed by atoms with Gasteiger partial charge in [0.1, 0.15) is 0 Å². The summed E-state index contributed by atoms with van der Waals surface area (Å²) in [6.07, 6.45) is 14.6. The highest BCUT2D eigenvalue weighted by Gasteiger charge is 2.50. The fraction of sp³-hybridized carbons (Fsp3) is 0.714. The van der Waals surface area contributed by atoms with Gasteiger partial charge in [0, 0.05) is 6.42 Å². The molecule has 0 spiro atoms. The topological polar surface area (TPSA) is 60.7 Å². The maximum absolute atomic E-state index is 10.6. The first-order valence-corrected chi connectivity index (χ1v) is 12.3. The second-order valence-corrected chi connectivity index (χ2v) is 11.3. The van der Waals surface area contributed by atoms with Crippen LogP contribution in [-0.2, 0) is 0 Å². The zero-order valence-corrected chi connectivity index (χ0v) is 20.3. The predicted molar refractivity (Wildman–Crippen MR) is 128 cm³/mol. The molecule has 3 rings (SSSR count). The van der Waals surface area contributed by atoms with Crippen molar-refractivity contribution in [2.24, 2.45) is 29.1 Å². The molecule has 3 saturated carbocycles. The van der Waals surface area contributed by atoms with Crippen LogP contribution in [-0.4, -0.2) is 33.1 Å². The second kappa shape index (κ2) is 9.37. The number of allylic oxidation sites excluding steroid dienone is 4. The van der Waals surface area contributed by atoms with E-state index in [9.17, 15) is 15.3 Å². The van der Waals surface area contributed by atoms with Gasteiger partial charge in [0.15, 0.2) is 0 Å². The van der Waals surface area contributed by atoms with Gasteiger partial charge >= 0.3 is 0 Å². The van der Waals surface area contributed by atoms with Crippen molar-refractivity contribution in [3.63, 3.8) is 0 Å². The predicted octanol–water partition coefficient (Wildman–Crippen LogP) is 5.73. The van der Waals surface area contributed by atoms with E-state index in [1.807, 2.05) is 13.0 Å². The molecule has 0 saturated heterocycles. The summed E-state index contributed by atoms with van der Waals surface area (Å²) in [5.41, 5.74) is 2.82. The molecule has 7 atom stereocenters. The van der Waals surface area contributed by atoms with E-state index in [-0.39, 0.29) is 5.92 Å². The molecule has 3 heteroatoms. The minimum absolute atomic E-state index is 0.201. The van der Waals surface area contributed by atoms with Crippen molar-refractivity contribution in [1.29, 1.82) is 0 Å². The molecule has 0 radical (unpaired) electrons. The van der Waals surface area contributed by atoms with E-state index in [0.717, 1.165) is 17.6 Å². The van der Waals surface area contributed by atoms with E-state index in [0.29, 0.717) is 36.0 Å². The van der Waals surface area contributed by atoms with E-state index in [1.54, 1.807) is 0 Å². The quantitative estimate of drug-likeness (QED) is 0.490. The van der Waals surface area contributed by atoms with Crippen LogP contribution < -0.4 is 0 Å². The summed E-state index contributed by atoms with van der Waals surface area (Å²) in [5, 5.41) is 30.8. The normalized spacial score (nSPS) is 40.0. The molecule has 3 aliphatic carbocycles. The van der Waals surface area contributed by atoms with Crippen molar-refractivity contribution in [3.05, 3.63) is 47.6 Å². The van der Waals surface area contributed by atoms with Gasteiger partial charge in [0.2, 0.25) is 0 Å². The second-order valence-electron chi connectivity index (χ2n) is 11.3. The van der Waals surface area contributed by atoms with Crippen molar-refractivity contribution in [2.75, 3.05) is 0 Å². The van der Waals surface area contributed by atoms with E-state index >= 15 is 0 Å². The molecule has 0 amide bonds. The van der Waals surface area contributed by atoms with Gasteiger partial charge in [0.05, 0.1) is 17.8 Å². The number of fused-ring (bicyclic) bond motifs is 1. The zero-order chi connectivity index (χ0) is 23.0. The Morgan fingerprint density at radius 3 is 2.55 bits per heavy atom. The Hall–Kier alpha value is -1.16. The summed E-state index contributed by atoms with van der Waals surface area (Å²) >= 11 is 0. The molecular weight excluding hydrogens is 384 g/mol. The largest absolute Gasteiger partial charge is 0.393 e. The molecule has 0 aromatic carbocycles. The molecule has 0 aromatic heterocycles. The SMILES string of the molecule is C=C1/C(=C\C=C2\CCC[C@]3(C)[C@@H]([C@H](C)/C=C/[C@@](C)(O)C(C)C)CC[C@@H]23)C[C@@H](O)C[C@@H]1O. The number of hydrogen-bond donors (Lipinski definition) is 3. The van der Waals surface area contributed by atoms with Crippen molar-refractivity contribution < 1.29 is 15.3 Å². The van der Waals surface area contributed by atoms with Crippen LogP contribution in [0.2, 0.25) is 0 Å². The van der Waals surface area contributed by atoms with Crippen LogP contribution in [0.5, 0.6) is 0 Å². The molecule has 0 aliphatic heterocycles. The lowest BCUT2D eigenvalue weighted by atomic mass is 9.61. The van der Waals surface area contributed by atoms with E-state index in [2.05, 4.69) is 52.5 Å².